The van der Waals surface area contributed by atoms with Crippen molar-refractivity contribution in [2.24, 2.45) is 5.92 Å². The maximum Gasteiger partial charge on any atom is 0.512 e. The van der Waals surface area contributed by atoms with Crippen LogP contribution in [-0.2, 0) is 11.3 Å². The number of halogens is 3. The number of amides is 1. The Kier molecular flexibility index (Phi) is 4.96. The molecule has 0 unspecified atom stereocenters. The van der Waals surface area contributed by atoms with Crippen LogP contribution in [0.25, 0.3) is 0 Å². The first-order valence-electron chi connectivity index (χ1n) is 7.75. The van der Waals surface area contributed by atoms with Gasteiger partial charge in [0.25, 0.3) is 0 Å². The number of ether oxygens (including phenoxy) is 1. The fourth-order valence-electron chi connectivity index (χ4n) is 2.54. The number of hydrogen-bond acceptors (Lipinski definition) is 3. The van der Waals surface area contributed by atoms with E-state index >= 15 is 0 Å². The van der Waals surface area contributed by atoms with Gasteiger partial charge in [0, 0.05) is 25.8 Å². The van der Waals surface area contributed by atoms with Crippen LogP contribution in [0.1, 0.15) is 33.6 Å². The fourth-order valence-corrected chi connectivity index (χ4v) is 2.54. The summed E-state index contributed by atoms with van der Waals surface area (Å²) in [7, 11) is 0. The maximum atomic E-state index is 12.6. The van der Waals surface area contributed by atoms with Crippen LogP contribution >= 0.6 is 0 Å². The summed E-state index contributed by atoms with van der Waals surface area (Å²) in [5, 5.41) is 3.79. The lowest BCUT2D eigenvalue weighted by Gasteiger charge is -2.33. The van der Waals surface area contributed by atoms with Gasteiger partial charge in [0.15, 0.2) is 0 Å². The number of likely N-dealkylation sites (tertiary alicyclic amines) is 1. The molecule has 0 aromatic carbocycles. The van der Waals surface area contributed by atoms with Crippen molar-refractivity contribution < 1.29 is 22.5 Å². The number of carbonyl (C=O) groups is 1. The normalized spacial score (nSPS) is 17.4. The molecule has 130 valence electrons. The van der Waals surface area contributed by atoms with E-state index in [0.717, 1.165) is 25.2 Å². The largest absolute Gasteiger partial charge is 0.512 e. The van der Waals surface area contributed by atoms with E-state index in [0.29, 0.717) is 19.6 Å². The molecule has 0 bridgehead atoms. The summed E-state index contributed by atoms with van der Waals surface area (Å²) in [4.78, 5) is 13.6. The molecule has 0 atom stereocenters. The molecule has 1 aliphatic rings. The lowest BCUT2D eigenvalue weighted by Crippen LogP contribution is -2.42. The summed E-state index contributed by atoms with van der Waals surface area (Å²) in [5.41, 5.74) is -1.20. The van der Waals surface area contributed by atoms with E-state index < -0.39 is 18.0 Å². The Morgan fingerprint density at radius 3 is 2.43 bits per heavy atom. The van der Waals surface area contributed by atoms with Crippen molar-refractivity contribution in [3.05, 3.63) is 12.4 Å². The molecular weight excluding hydrogens is 310 g/mol. The molecule has 1 aliphatic heterocycles. The van der Waals surface area contributed by atoms with Crippen molar-refractivity contribution in [3.63, 3.8) is 0 Å². The molecule has 1 fully saturated rings. The molecule has 2 rings (SSSR count). The van der Waals surface area contributed by atoms with Crippen LogP contribution in [-0.4, -0.2) is 46.4 Å². The molecule has 5 nitrogen and oxygen atoms in total. The first-order valence-corrected chi connectivity index (χ1v) is 7.75. The molecule has 0 radical (unpaired) electrons. The Labute approximate surface area is 133 Å². The van der Waals surface area contributed by atoms with E-state index in [1.165, 1.54) is 4.68 Å². The third-order valence-electron chi connectivity index (χ3n) is 3.74. The standard InChI is InChI=1S/C14H22BF3N3O2/c1-14(2,3)23-13(22)20-6-4-11(5-7-20)9-21-10-12(8-19-21)15(16,17)18/h8,10-11H,4-7,9H2,1-3H3/q-1. The molecule has 0 aliphatic carbocycles. The van der Waals surface area contributed by atoms with Crippen molar-refractivity contribution in [3.8, 4) is 0 Å². The highest BCUT2D eigenvalue weighted by atomic mass is 19.4. The van der Waals surface area contributed by atoms with Crippen LogP contribution in [0.3, 0.4) is 0 Å². The lowest BCUT2D eigenvalue weighted by molar-refractivity contribution is 0.0177. The second kappa shape index (κ2) is 6.45. The summed E-state index contributed by atoms with van der Waals surface area (Å²) < 4.78 is 44.5. The summed E-state index contributed by atoms with van der Waals surface area (Å²) in [6.07, 6.45) is 3.05. The average molecular weight is 332 g/mol. The predicted octanol–water partition coefficient (Wildman–Crippen LogP) is 2.58. The van der Waals surface area contributed by atoms with E-state index in [2.05, 4.69) is 5.10 Å². The van der Waals surface area contributed by atoms with Gasteiger partial charge < -0.3 is 22.6 Å². The van der Waals surface area contributed by atoms with Crippen LogP contribution in [0.2, 0.25) is 0 Å². The third kappa shape index (κ3) is 5.18. The number of piperidine rings is 1. The number of carbonyl (C=O) groups excluding carboxylic acids is 1. The second-order valence-corrected chi connectivity index (χ2v) is 6.98. The minimum Gasteiger partial charge on any atom is -0.445 e. The lowest BCUT2D eigenvalue weighted by atomic mass is 9.83. The Bertz CT molecular complexity index is 546. The van der Waals surface area contributed by atoms with Gasteiger partial charge in [-0.3, -0.25) is 4.68 Å². The molecule has 23 heavy (non-hydrogen) atoms. The highest BCUT2D eigenvalue weighted by Crippen LogP contribution is 2.21. The van der Waals surface area contributed by atoms with Gasteiger partial charge in [-0.1, -0.05) is 5.46 Å². The van der Waals surface area contributed by atoms with Crippen LogP contribution in [0.5, 0.6) is 0 Å². The minimum atomic E-state index is -5.00. The van der Waals surface area contributed by atoms with Crippen LogP contribution in [0.15, 0.2) is 12.4 Å². The Morgan fingerprint density at radius 2 is 1.96 bits per heavy atom. The predicted molar refractivity (Wildman–Crippen MR) is 81.5 cm³/mol. The van der Waals surface area contributed by atoms with Crippen molar-refractivity contribution in [1.29, 1.82) is 0 Å². The zero-order valence-electron chi connectivity index (χ0n) is 13.6. The molecule has 2 heterocycles. The summed E-state index contributed by atoms with van der Waals surface area (Å²) in [5.74, 6) is 0.210. The third-order valence-corrected chi connectivity index (χ3v) is 3.74. The van der Waals surface area contributed by atoms with Gasteiger partial charge in [-0.15, -0.1) is 0 Å². The molecule has 1 aromatic heterocycles. The number of rotatable bonds is 3. The molecule has 1 amide bonds. The Morgan fingerprint density at radius 1 is 1.35 bits per heavy atom. The van der Waals surface area contributed by atoms with Crippen molar-refractivity contribution >= 4 is 18.5 Å². The first-order chi connectivity index (χ1) is 10.5. The molecule has 0 saturated carbocycles. The van der Waals surface area contributed by atoms with Gasteiger partial charge in [0.1, 0.15) is 5.60 Å². The van der Waals surface area contributed by atoms with E-state index in [9.17, 15) is 17.7 Å². The van der Waals surface area contributed by atoms with Crippen LogP contribution in [0.4, 0.5) is 17.7 Å². The number of nitrogens with zero attached hydrogens (tertiary/aromatic N) is 3. The van der Waals surface area contributed by atoms with E-state index in [1.54, 1.807) is 4.90 Å². The fraction of sp³-hybridized carbons (Fsp3) is 0.714. The first kappa shape index (κ1) is 17.7. The van der Waals surface area contributed by atoms with E-state index in [-0.39, 0.29) is 12.0 Å². The quantitative estimate of drug-likeness (QED) is 0.800. The number of hydrogen-bond donors (Lipinski definition) is 0. The van der Waals surface area contributed by atoms with Gasteiger partial charge in [-0.2, -0.15) is 5.10 Å². The Balaban J connectivity index is 1.83. The Hall–Kier alpha value is -1.67. The van der Waals surface area contributed by atoms with Crippen molar-refractivity contribution in [2.75, 3.05) is 13.1 Å². The molecular formula is C14H22BF3N3O2-. The highest BCUT2D eigenvalue weighted by Gasteiger charge is 2.29. The highest BCUT2D eigenvalue weighted by molar-refractivity contribution is 6.73. The zero-order chi connectivity index (χ0) is 17.3. The molecule has 9 heteroatoms. The van der Waals surface area contributed by atoms with E-state index in [4.69, 9.17) is 4.74 Å². The van der Waals surface area contributed by atoms with E-state index in [1.807, 2.05) is 20.8 Å². The van der Waals surface area contributed by atoms with Gasteiger partial charge in [-0.25, -0.2) is 4.79 Å². The van der Waals surface area contributed by atoms with Crippen molar-refractivity contribution in [1.82, 2.24) is 14.7 Å². The summed E-state index contributed by atoms with van der Waals surface area (Å²) in [6.45, 7) is 1.99. The monoisotopic (exact) mass is 332 g/mol. The van der Waals surface area contributed by atoms with Gasteiger partial charge in [0.2, 0.25) is 0 Å². The van der Waals surface area contributed by atoms with Gasteiger partial charge >= 0.3 is 13.1 Å². The number of aromatic nitrogens is 2. The maximum absolute atomic E-state index is 12.6. The zero-order valence-corrected chi connectivity index (χ0v) is 13.6. The molecule has 1 saturated heterocycles. The molecule has 0 N–H and O–H groups in total. The van der Waals surface area contributed by atoms with Gasteiger partial charge in [-0.05, 0) is 45.7 Å². The van der Waals surface area contributed by atoms with Crippen LogP contribution < -0.4 is 5.46 Å². The smallest absolute Gasteiger partial charge is 0.445 e. The summed E-state index contributed by atoms with van der Waals surface area (Å²) in [6, 6.07) is 0. The minimum absolute atomic E-state index is 0.210. The molecule has 0 spiro atoms. The van der Waals surface area contributed by atoms with Crippen LogP contribution in [0, 0.1) is 5.92 Å². The second-order valence-electron chi connectivity index (χ2n) is 6.98. The molecule has 1 aromatic rings. The average Bonchev–Trinajstić information content (AvgIpc) is 2.86. The SMILES string of the molecule is CC(C)(C)OC(=O)N1CCC(Cn2cc([B-](F)(F)F)cn2)CC1. The topological polar surface area (TPSA) is 47.4 Å². The summed E-state index contributed by atoms with van der Waals surface area (Å²) >= 11 is 0. The van der Waals surface area contributed by atoms with Gasteiger partial charge in [0.05, 0.1) is 0 Å². The van der Waals surface area contributed by atoms with Crippen molar-refractivity contribution in [2.45, 2.75) is 45.8 Å².